The van der Waals surface area contributed by atoms with Gasteiger partial charge in [-0.05, 0) is 5.92 Å². The van der Waals surface area contributed by atoms with Gasteiger partial charge < -0.3 is 0 Å². The molecule has 0 heterocycles. The van der Waals surface area contributed by atoms with Crippen LogP contribution in [-0.4, -0.2) is 22.7 Å². The SMILES string of the molecule is CC(C)CN(O)C(=O)C(C)C. The molecule has 0 unspecified atom stereocenters. The van der Waals surface area contributed by atoms with Gasteiger partial charge in [-0.2, -0.15) is 0 Å². The molecule has 0 saturated heterocycles. The molecule has 0 aromatic rings. The lowest BCUT2D eigenvalue weighted by atomic mass is 10.2. The first-order valence-corrected chi connectivity index (χ1v) is 3.95. The van der Waals surface area contributed by atoms with E-state index in [0.717, 1.165) is 5.06 Å². The summed E-state index contributed by atoms with van der Waals surface area (Å²) in [6.45, 7) is 7.86. The number of carbonyl (C=O) groups is 1. The quantitative estimate of drug-likeness (QED) is 0.501. The van der Waals surface area contributed by atoms with Gasteiger partial charge in [-0.25, -0.2) is 5.06 Å². The molecule has 1 N–H and O–H groups in total. The monoisotopic (exact) mass is 159 g/mol. The summed E-state index contributed by atoms with van der Waals surface area (Å²) in [6, 6.07) is 0. The van der Waals surface area contributed by atoms with E-state index in [1.807, 2.05) is 13.8 Å². The van der Waals surface area contributed by atoms with E-state index in [4.69, 9.17) is 5.21 Å². The topological polar surface area (TPSA) is 40.5 Å². The van der Waals surface area contributed by atoms with Crippen LogP contribution in [0.1, 0.15) is 27.7 Å². The summed E-state index contributed by atoms with van der Waals surface area (Å²) >= 11 is 0. The third kappa shape index (κ3) is 3.98. The van der Waals surface area contributed by atoms with Gasteiger partial charge in [0.2, 0.25) is 5.91 Å². The third-order valence-corrected chi connectivity index (χ3v) is 1.29. The maximum absolute atomic E-state index is 11.1. The van der Waals surface area contributed by atoms with Crippen LogP contribution in [0.2, 0.25) is 0 Å². The fourth-order valence-electron chi connectivity index (χ4n) is 0.734. The Morgan fingerprint density at radius 2 is 1.82 bits per heavy atom. The molecule has 0 aliphatic rings. The van der Waals surface area contributed by atoms with E-state index in [-0.39, 0.29) is 11.8 Å². The second-order valence-corrected chi connectivity index (χ2v) is 3.47. The molecule has 0 fully saturated rings. The molecule has 0 saturated carbocycles. The van der Waals surface area contributed by atoms with E-state index in [1.54, 1.807) is 13.8 Å². The smallest absolute Gasteiger partial charge is 0.248 e. The first-order chi connectivity index (χ1) is 4.95. The van der Waals surface area contributed by atoms with E-state index in [0.29, 0.717) is 12.5 Å². The molecule has 0 aromatic heterocycles. The molecule has 0 rings (SSSR count). The molecule has 3 nitrogen and oxygen atoms in total. The summed E-state index contributed by atoms with van der Waals surface area (Å²) in [5, 5.41) is 9.94. The zero-order valence-electron chi connectivity index (χ0n) is 7.66. The van der Waals surface area contributed by atoms with Gasteiger partial charge in [-0.3, -0.25) is 10.0 Å². The molecular weight excluding hydrogens is 142 g/mol. The van der Waals surface area contributed by atoms with E-state index in [9.17, 15) is 4.79 Å². The standard InChI is InChI=1S/C8H17NO2/c1-6(2)5-9(11)8(10)7(3)4/h6-7,11H,5H2,1-4H3. The van der Waals surface area contributed by atoms with Gasteiger partial charge in [0.05, 0.1) is 6.54 Å². The number of nitrogens with zero attached hydrogens (tertiary/aromatic N) is 1. The van der Waals surface area contributed by atoms with Crippen molar-refractivity contribution in [3.63, 3.8) is 0 Å². The predicted octanol–water partition coefficient (Wildman–Crippen LogP) is 1.52. The molecule has 0 radical (unpaired) electrons. The van der Waals surface area contributed by atoms with Crippen molar-refractivity contribution in [3.05, 3.63) is 0 Å². The Morgan fingerprint density at radius 3 is 2.09 bits per heavy atom. The Hall–Kier alpha value is -0.570. The fourth-order valence-corrected chi connectivity index (χ4v) is 0.734. The van der Waals surface area contributed by atoms with Gasteiger partial charge in [0.15, 0.2) is 0 Å². The van der Waals surface area contributed by atoms with Crippen LogP contribution in [0.3, 0.4) is 0 Å². The zero-order valence-corrected chi connectivity index (χ0v) is 7.66. The number of rotatable bonds is 3. The molecule has 11 heavy (non-hydrogen) atoms. The number of hydroxylamine groups is 2. The van der Waals surface area contributed by atoms with Gasteiger partial charge in [0, 0.05) is 5.92 Å². The molecule has 3 heteroatoms. The Labute approximate surface area is 68.0 Å². The zero-order chi connectivity index (χ0) is 9.02. The molecule has 0 atom stereocenters. The molecule has 0 aromatic carbocycles. The van der Waals surface area contributed by atoms with Gasteiger partial charge >= 0.3 is 0 Å². The highest BCUT2D eigenvalue weighted by atomic mass is 16.5. The van der Waals surface area contributed by atoms with Crippen molar-refractivity contribution in [2.45, 2.75) is 27.7 Å². The first kappa shape index (κ1) is 10.4. The predicted molar refractivity (Wildman–Crippen MR) is 43.2 cm³/mol. The van der Waals surface area contributed by atoms with Gasteiger partial charge in [-0.1, -0.05) is 27.7 Å². The van der Waals surface area contributed by atoms with E-state index in [1.165, 1.54) is 0 Å². The van der Waals surface area contributed by atoms with Crippen molar-refractivity contribution in [1.29, 1.82) is 0 Å². The van der Waals surface area contributed by atoms with Crippen LogP contribution in [0, 0.1) is 11.8 Å². The highest BCUT2D eigenvalue weighted by Crippen LogP contribution is 2.01. The summed E-state index contributed by atoms with van der Waals surface area (Å²) in [7, 11) is 0. The molecule has 1 amide bonds. The highest BCUT2D eigenvalue weighted by Gasteiger charge is 2.15. The highest BCUT2D eigenvalue weighted by molar-refractivity contribution is 5.76. The maximum Gasteiger partial charge on any atom is 0.248 e. The summed E-state index contributed by atoms with van der Waals surface area (Å²) in [5.74, 6) is -0.0276. The minimum absolute atomic E-state index is 0.126. The van der Waals surface area contributed by atoms with Crippen LogP contribution in [0.4, 0.5) is 0 Å². The summed E-state index contributed by atoms with van der Waals surface area (Å²) in [4.78, 5) is 11.1. The lowest BCUT2D eigenvalue weighted by Crippen LogP contribution is -2.33. The minimum atomic E-state index is -0.210. The van der Waals surface area contributed by atoms with Crippen LogP contribution >= 0.6 is 0 Å². The van der Waals surface area contributed by atoms with Crippen LogP contribution in [-0.2, 0) is 4.79 Å². The van der Waals surface area contributed by atoms with Crippen molar-refractivity contribution >= 4 is 5.91 Å². The lowest BCUT2D eigenvalue weighted by molar-refractivity contribution is -0.171. The summed E-state index contributed by atoms with van der Waals surface area (Å²) in [5.41, 5.74) is 0. The van der Waals surface area contributed by atoms with Crippen LogP contribution < -0.4 is 0 Å². The van der Waals surface area contributed by atoms with E-state index >= 15 is 0 Å². The van der Waals surface area contributed by atoms with Crippen molar-refractivity contribution in [3.8, 4) is 0 Å². The molecule has 66 valence electrons. The van der Waals surface area contributed by atoms with Crippen molar-refractivity contribution in [2.24, 2.45) is 11.8 Å². The third-order valence-electron chi connectivity index (χ3n) is 1.29. The summed E-state index contributed by atoms with van der Waals surface area (Å²) in [6.07, 6.45) is 0. The second kappa shape index (κ2) is 4.34. The molecule has 0 spiro atoms. The minimum Gasteiger partial charge on any atom is -0.286 e. The van der Waals surface area contributed by atoms with E-state index < -0.39 is 0 Å². The van der Waals surface area contributed by atoms with Gasteiger partial charge in [0.25, 0.3) is 0 Å². The van der Waals surface area contributed by atoms with Crippen molar-refractivity contribution < 1.29 is 10.0 Å². The largest absolute Gasteiger partial charge is 0.286 e. The Kier molecular flexibility index (Phi) is 4.11. The lowest BCUT2D eigenvalue weighted by Gasteiger charge is -2.18. The number of amides is 1. The Bertz CT molecular complexity index is 132. The van der Waals surface area contributed by atoms with Crippen LogP contribution in [0.15, 0.2) is 0 Å². The molecule has 0 aliphatic heterocycles. The average Bonchev–Trinajstić information content (AvgIpc) is 1.84. The van der Waals surface area contributed by atoms with Crippen molar-refractivity contribution in [2.75, 3.05) is 6.54 Å². The fraction of sp³-hybridized carbons (Fsp3) is 0.875. The number of hydrogen-bond acceptors (Lipinski definition) is 2. The van der Waals surface area contributed by atoms with Crippen molar-refractivity contribution in [1.82, 2.24) is 5.06 Å². The van der Waals surface area contributed by atoms with Crippen LogP contribution in [0.5, 0.6) is 0 Å². The van der Waals surface area contributed by atoms with E-state index in [2.05, 4.69) is 0 Å². The van der Waals surface area contributed by atoms with Gasteiger partial charge in [-0.15, -0.1) is 0 Å². The Balaban J connectivity index is 3.83. The molecular formula is C8H17NO2. The normalized spacial score (nSPS) is 10.8. The molecule has 0 bridgehead atoms. The number of hydrogen-bond donors (Lipinski definition) is 1. The number of carbonyl (C=O) groups excluding carboxylic acids is 1. The van der Waals surface area contributed by atoms with Gasteiger partial charge in [0.1, 0.15) is 0 Å². The Morgan fingerprint density at radius 1 is 1.36 bits per heavy atom. The maximum atomic E-state index is 11.1. The first-order valence-electron chi connectivity index (χ1n) is 3.95. The summed E-state index contributed by atoms with van der Waals surface area (Å²) < 4.78 is 0. The molecule has 0 aliphatic carbocycles. The second-order valence-electron chi connectivity index (χ2n) is 3.47. The average molecular weight is 159 g/mol. The van der Waals surface area contributed by atoms with Crippen LogP contribution in [0.25, 0.3) is 0 Å².